The molecule has 3 N–H and O–H groups in total. The molecule has 228 valence electrons. The second-order valence-corrected chi connectivity index (χ2v) is 14.6. The number of hydrogen-bond donors (Lipinski definition) is 3. The van der Waals surface area contributed by atoms with Gasteiger partial charge in [-0.15, -0.1) is 6.42 Å². The van der Waals surface area contributed by atoms with Crippen LogP contribution in [0, 0.1) is 17.8 Å². The van der Waals surface area contributed by atoms with Crippen LogP contribution in [-0.2, 0) is 14.3 Å². The maximum absolute atomic E-state index is 14.0. The number of aliphatic hydroxyl groups is 2. The van der Waals surface area contributed by atoms with Crippen molar-refractivity contribution in [1.82, 2.24) is 15.1 Å². The minimum absolute atomic E-state index is 0.00704. The number of terminal acetylenes is 1. The number of β-amino-alcohol motifs (C(OH)–C–C–N with tert-alkyl or cyclic N) is 1. The van der Waals surface area contributed by atoms with Crippen molar-refractivity contribution in [2.45, 2.75) is 124 Å². The molecule has 0 unspecified atom stereocenters. The average molecular weight is 572 g/mol. The lowest BCUT2D eigenvalue weighted by Crippen LogP contribution is -2.59. The van der Waals surface area contributed by atoms with Crippen molar-refractivity contribution in [3.8, 4) is 12.3 Å². The molecule has 1 saturated heterocycles. The minimum atomic E-state index is -1.35. The summed E-state index contributed by atoms with van der Waals surface area (Å²) in [5.41, 5.74) is -2.05. The molecule has 0 saturated carbocycles. The van der Waals surface area contributed by atoms with Crippen LogP contribution < -0.4 is 5.32 Å². The van der Waals surface area contributed by atoms with Crippen molar-refractivity contribution in [3.63, 3.8) is 0 Å². The maximum Gasteiger partial charge on any atom is 0.411 e. The summed E-state index contributed by atoms with van der Waals surface area (Å²) < 4.78 is 5.92. The Bertz CT molecular complexity index is 1130. The van der Waals surface area contributed by atoms with Crippen LogP contribution in [0.4, 0.5) is 4.79 Å². The number of rotatable bonds is 6. The molecular formula is C32H49N3O6. The van der Waals surface area contributed by atoms with E-state index in [4.69, 9.17) is 11.2 Å². The van der Waals surface area contributed by atoms with Crippen molar-refractivity contribution in [2.75, 3.05) is 6.54 Å². The predicted molar refractivity (Wildman–Crippen MR) is 159 cm³/mol. The molecule has 1 fully saturated rings. The molecule has 4 atom stereocenters. The normalized spacial score (nSPS) is 19.7. The Morgan fingerprint density at radius 2 is 1.51 bits per heavy atom. The first-order chi connectivity index (χ1) is 18.5. The lowest BCUT2D eigenvalue weighted by Gasteiger charge is -2.45. The number of nitrogens with one attached hydrogen (secondary N) is 1. The Balaban J connectivity index is 2.39. The molecule has 0 spiro atoms. The molecule has 9 nitrogen and oxygen atoms in total. The third kappa shape index (κ3) is 8.46. The predicted octanol–water partition coefficient (Wildman–Crippen LogP) is 4.01. The van der Waals surface area contributed by atoms with E-state index >= 15 is 0 Å². The summed E-state index contributed by atoms with van der Waals surface area (Å²) >= 11 is 0. The first-order valence-electron chi connectivity index (χ1n) is 14.1. The fourth-order valence-electron chi connectivity index (χ4n) is 5.44. The van der Waals surface area contributed by atoms with Gasteiger partial charge < -0.3 is 25.2 Å². The van der Waals surface area contributed by atoms with E-state index in [1.54, 1.807) is 63.8 Å². The average Bonchev–Trinajstić information content (AvgIpc) is 3.19. The summed E-state index contributed by atoms with van der Waals surface area (Å²) in [5.74, 6) is 1.44. The van der Waals surface area contributed by atoms with Crippen LogP contribution in [0.2, 0.25) is 0 Å². The summed E-state index contributed by atoms with van der Waals surface area (Å²) in [7, 11) is 0. The van der Waals surface area contributed by atoms with E-state index in [-0.39, 0.29) is 13.0 Å². The first-order valence-corrected chi connectivity index (χ1v) is 14.1. The lowest BCUT2D eigenvalue weighted by molar-refractivity contribution is -0.152. The van der Waals surface area contributed by atoms with Crippen LogP contribution >= 0.6 is 0 Å². The van der Waals surface area contributed by atoms with Crippen molar-refractivity contribution in [2.24, 2.45) is 5.41 Å². The number of benzene rings is 1. The van der Waals surface area contributed by atoms with E-state index in [9.17, 15) is 24.6 Å². The summed E-state index contributed by atoms with van der Waals surface area (Å²) in [6.07, 6.45) is 2.67. The van der Waals surface area contributed by atoms with Crippen molar-refractivity contribution < 1.29 is 29.3 Å². The maximum atomic E-state index is 14.0. The number of carbonyl (C=O) groups excluding carboxylic acids is 3. The summed E-state index contributed by atoms with van der Waals surface area (Å²) in [6.45, 7) is 19.8. The molecule has 9 heteroatoms. The Kier molecular flexibility index (Phi) is 10.0. The molecule has 2 rings (SSSR count). The molecule has 0 bridgehead atoms. The zero-order valence-corrected chi connectivity index (χ0v) is 26.5. The standard InChI is InChI=1S/C32H49N3O6/c1-13-20-14-16-21(17-15-20)24(32(11,12)40)33-26(37)23-18-22(36)19-34(23)27(38)25(29(2,3)4)41-28(39)35(30(5,6)7)31(8,9)10/h1,14-17,22-25,36,40H,18-19H2,2-12H3,(H,33,37)/t22-,23+,24+,25-/m1/s1. The van der Waals surface area contributed by atoms with Gasteiger partial charge in [0.1, 0.15) is 6.04 Å². The molecule has 3 amide bonds. The van der Waals surface area contributed by atoms with E-state index < -0.39 is 64.3 Å². The Morgan fingerprint density at radius 3 is 1.93 bits per heavy atom. The van der Waals surface area contributed by atoms with Gasteiger partial charge in [0.05, 0.1) is 17.7 Å². The quantitative estimate of drug-likeness (QED) is 0.444. The number of nitrogens with zero attached hydrogens (tertiary/aromatic N) is 2. The lowest BCUT2D eigenvalue weighted by atomic mass is 9.87. The molecule has 0 radical (unpaired) electrons. The molecule has 1 aliphatic rings. The van der Waals surface area contributed by atoms with Gasteiger partial charge in [0, 0.05) is 35.0 Å². The van der Waals surface area contributed by atoms with Crippen LogP contribution in [0.15, 0.2) is 24.3 Å². The van der Waals surface area contributed by atoms with Gasteiger partial charge in [-0.2, -0.15) is 0 Å². The van der Waals surface area contributed by atoms with Gasteiger partial charge in [-0.25, -0.2) is 4.79 Å². The topological polar surface area (TPSA) is 119 Å². The fraction of sp³-hybridized carbons (Fsp3) is 0.656. The number of ether oxygens (including phenoxy) is 1. The van der Waals surface area contributed by atoms with Crippen molar-refractivity contribution >= 4 is 17.9 Å². The highest BCUT2D eigenvalue weighted by atomic mass is 16.6. The van der Waals surface area contributed by atoms with Gasteiger partial charge in [0.2, 0.25) is 5.91 Å². The molecule has 1 aromatic carbocycles. The molecule has 1 heterocycles. The van der Waals surface area contributed by atoms with E-state index in [1.807, 2.05) is 41.5 Å². The highest BCUT2D eigenvalue weighted by molar-refractivity contribution is 5.91. The fourth-order valence-corrected chi connectivity index (χ4v) is 5.44. The van der Waals surface area contributed by atoms with E-state index in [0.717, 1.165) is 0 Å². The Labute approximate surface area is 245 Å². The molecule has 0 aromatic heterocycles. The second-order valence-electron chi connectivity index (χ2n) is 14.6. The Hall–Kier alpha value is -3.09. The number of carbonyl (C=O) groups is 3. The van der Waals surface area contributed by atoms with Crippen LogP contribution in [0.1, 0.15) is 99.8 Å². The van der Waals surface area contributed by atoms with Gasteiger partial charge in [0.25, 0.3) is 5.91 Å². The van der Waals surface area contributed by atoms with Crippen LogP contribution in [0.3, 0.4) is 0 Å². The summed E-state index contributed by atoms with van der Waals surface area (Å²) in [4.78, 5) is 44.0. The third-order valence-corrected chi connectivity index (χ3v) is 7.02. The molecular weight excluding hydrogens is 522 g/mol. The van der Waals surface area contributed by atoms with E-state index in [1.165, 1.54) is 4.90 Å². The van der Waals surface area contributed by atoms with Crippen LogP contribution in [-0.4, -0.2) is 79.4 Å². The zero-order chi connectivity index (χ0) is 31.7. The first kappa shape index (κ1) is 34.1. The van der Waals surface area contributed by atoms with Crippen molar-refractivity contribution in [1.29, 1.82) is 0 Å². The monoisotopic (exact) mass is 571 g/mol. The van der Waals surface area contributed by atoms with E-state index in [0.29, 0.717) is 11.1 Å². The SMILES string of the molecule is C#Cc1ccc([C@H](NC(=O)[C@@H]2C[C@@H](O)CN2C(=O)[C@@H](OC(=O)N(C(C)(C)C)C(C)(C)C)C(C)(C)C)C(C)(C)O)cc1. The Morgan fingerprint density at radius 1 is 1.00 bits per heavy atom. The summed E-state index contributed by atoms with van der Waals surface area (Å²) in [5, 5.41) is 24.3. The van der Waals surface area contributed by atoms with Gasteiger partial charge in [-0.3, -0.25) is 14.5 Å². The molecule has 0 aliphatic carbocycles. The molecule has 41 heavy (non-hydrogen) atoms. The van der Waals surface area contributed by atoms with Crippen molar-refractivity contribution in [3.05, 3.63) is 35.4 Å². The van der Waals surface area contributed by atoms with Gasteiger partial charge in [-0.1, -0.05) is 38.8 Å². The number of amides is 3. The zero-order valence-electron chi connectivity index (χ0n) is 26.5. The number of likely N-dealkylation sites (tertiary alicyclic amines) is 1. The number of aliphatic hydroxyl groups excluding tert-OH is 1. The van der Waals surface area contributed by atoms with Crippen LogP contribution in [0.25, 0.3) is 0 Å². The van der Waals surface area contributed by atoms with Crippen LogP contribution in [0.5, 0.6) is 0 Å². The molecule has 1 aromatic rings. The highest BCUT2D eigenvalue weighted by Crippen LogP contribution is 2.33. The smallest absolute Gasteiger partial charge is 0.411 e. The van der Waals surface area contributed by atoms with Gasteiger partial charge in [0.15, 0.2) is 6.10 Å². The van der Waals surface area contributed by atoms with E-state index in [2.05, 4.69) is 11.2 Å². The second kappa shape index (κ2) is 12.0. The third-order valence-electron chi connectivity index (χ3n) is 7.02. The largest absolute Gasteiger partial charge is 0.435 e. The number of hydrogen-bond acceptors (Lipinski definition) is 6. The molecule has 1 aliphatic heterocycles. The van der Waals surface area contributed by atoms with Gasteiger partial charge >= 0.3 is 6.09 Å². The van der Waals surface area contributed by atoms with Gasteiger partial charge in [-0.05, 0) is 73.1 Å². The minimum Gasteiger partial charge on any atom is -0.435 e. The highest BCUT2D eigenvalue weighted by Gasteiger charge is 2.48. The summed E-state index contributed by atoms with van der Waals surface area (Å²) in [6, 6.07) is 5.05.